The molecule has 0 heterocycles. The monoisotopic (exact) mass is 266 g/mol. The van der Waals surface area contributed by atoms with Gasteiger partial charge in [0.05, 0.1) is 5.54 Å². The molecule has 0 amide bonds. The van der Waals surface area contributed by atoms with E-state index in [9.17, 15) is 0 Å². The van der Waals surface area contributed by atoms with Gasteiger partial charge < -0.3 is 13.3 Å². The summed E-state index contributed by atoms with van der Waals surface area (Å²) in [6.07, 6.45) is 2.74. The van der Waals surface area contributed by atoms with Crippen LogP contribution in [-0.2, 0) is 13.3 Å². The van der Waals surface area contributed by atoms with Gasteiger partial charge >= 0.3 is 8.80 Å². The van der Waals surface area contributed by atoms with E-state index >= 15 is 0 Å². The molecule has 100 valence electrons. The van der Waals surface area contributed by atoms with Crippen LogP contribution in [0.4, 0.5) is 0 Å². The number of rotatable bonds is 7. The van der Waals surface area contributed by atoms with Gasteiger partial charge in [-0.15, -0.1) is 0 Å². The van der Waals surface area contributed by atoms with E-state index in [-0.39, 0.29) is 5.54 Å². The van der Waals surface area contributed by atoms with E-state index in [1.54, 1.807) is 21.3 Å². The molecule has 3 nitrogen and oxygen atoms in total. The second-order valence-electron chi connectivity index (χ2n) is 4.05. The maximum Gasteiger partial charge on any atom is 0.508 e. The second-order valence-corrected chi connectivity index (χ2v) is 7.18. The predicted molar refractivity (Wildman–Crippen MR) is 76.3 cm³/mol. The first kappa shape index (κ1) is 15.1. The second kappa shape index (κ2) is 6.85. The van der Waals surface area contributed by atoms with E-state index in [2.05, 4.69) is 25.6 Å². The van der Waals surface area contributed by atoms with Crippen molar-refractivity contribution < 1.29 is 13.3 Å². The standard InChI is InChI=1S/C14H22O3Si/c1-6-12-8-10-13(11-9-12)14(7-2)18(15-3,16-4)17-5/h6,8-11,14H,1,7H2,2-5H3. The van der Waals surface area contributed by atoms with Crippen molar-refractivity contribution in [3.05, 3.63) is 42.0 Å². The van der Waals surface area contributed by atoms with Crippen molar-refractivity contribution in [2.24, 2.45) is 0 Å². The Bertz CT molecular complexity index is 363. The van der Waals surface area contributed by atoms with Crippen molar-refractivity contribution in [1.29, 1.82) is 0 Å². The molecule has 0 N–H and O–H groups in total. The van der Waals surface area contributed by atoms with Crippen LogP contribution in [0.15, 0.2) is 30.8 Å². The molecule has 1 aromatic carbocycles. The van der Waals surface area contributed by atoms with Gasteiger partial charge in [-0.25, -0.2) is 0 Å². The SMILES string of the molecule is C=Cc1ccc(C(CC)[Si](OC)(OC)OC)cc1. The Hall–Kier alpha value is -0.943. The van der Waals surface area contributed by atoms with Gasteiger partial charge in [0, 0.05) is 21.3 Å². The first-order valence-electron chi connectivity index (χ1n) is 6.05. The van der Waals surface area contributed by atoms with Gasteiger partial charge in [0.25, 0.3) is 0 Å². The highest BCUT2D eigenvalue weighted by Gasteiger charge is 2.47. The zero-order chi connectivity index (χ0) is 13.6. The van der Waals surface area contributed by atoms with Gasteiger partial charge in [-0.3, -0.25) is 0 Å². The first-order valence-corrected chi connectivity index (χ1v) is 7.85. The van der Waals surface area contributed by atoms with Crippen molar-refractivity contribution in [2.75, 3.05) is 21.3 Å². The minimum atomic E-state index is -2.64. The Morgan fingerprint density at radius 2 is 1.61 bits per heavy atom. The molecule has 0 spiro atoms. The summed E-state index contributed by atoms with van der Waals surface area (Å²) in [5.74, 6) is 0. The lowest BCUT2D eigenvalue weighted by Gasteiger charge is -2.32. The minimum absolute atomic E-state index is 0.149. The number of hydrogen-bond acceptors (Lipinski definition) is 3. The van der Waals surface area contributed by atoms with Crippen molar-refractivity contribution in [2.45, 2.75) is 18.9 Å². The molecular formula is C14H22O3Si. The van der Waals surface area contributed by atoms with Crippen LogP contribution in [-0.4, -0.2) is 30.1 Å². The van der Waals surface area contributed by atoms with Crippen molar-refractivity contribution in [3.63, 3.8) is 0 Å². The number of benzene rings is 1. The van der Waals surface area contributed by atoms with Crippen molar-refractivity contribution >= 4 is 14.9 Å². The average Bonchev–Trinajstić information content (AvgIpc) is 2.45. The molecule has 0 saturated carbocycles. The van der Waals surface area contributed by atoms with E-state index in [0.29, 0.717) is 0 Å². The van der Waals surface area contributed by atoms with E-state index in [4.69, 9.17) is 13.3 Å². The summed E-state index contributed by atoms with van der Waals surface area (Å²) in [4.78, 5) is 0. The van der Waals surface area contributed by atoms with Crippen LogP contribution in [0.25, 0.3) is 6.08 Å². The summed E-state index contributed by atoms with van der Waals surface area (Å²) in [6.45, 7) is 5.87. The van der Waals surface area contributed by atoms with Crippen LogP contribution in [0.1, 0.15) is 30.0 Å². The third kappa shape index (κ3) is 2.90. The highest BCUT2D eigenvalue weighted by molar-refractivity contribution is 6.62. The highest BCUT2D eigenvalue weighted by Crippen LogP contribution is 2.31. The zero-order valence-electron chi connectivity index (χ0n) is 11.6. The Morgan fingerprint density at radius 1 is 1.11 bits per heavy atom. The molecule has 4 heteroatoms. The van der Waals surface area contributed by atoms with Gasteiger partial charge in [-0.1, -0.05) is 43.8 Å². The molecule has 0 saturated heterocycles. The van der Waals surface area contributed by atoms with Crippen LogP contribution in [0.5, 0.6) is 0 Å². The molecule has 0 aliphatic heterocycles. The van der Waals surface area contributed by atoms with E-state index in [0.717, 1.165) is 12.0 Å². The largest absolute Gasteiger partial charge is 0.508 e. The van der Waals surface area contributed by atoms with Gasteiger partial charge in [-0.2, -0.15) is 0 Å². The van der Waals surface area contributed by atoms with Crippen LogP contribution in [0.3, 0.4) is 0 Å². The summed E-state index contributed by atoms with van der Waals surface area (Å²) < 4.78 is 16.7. The molecule has 1 atom stereocenters. The number of hydrogen-bond donors (Lipinski definition) is 0. The lowest BCUT2D eigenvalue weighted by molar-refractivity contribution is 0.111. The Kier molecular flexibility index (Phi) is 5.75. The van der Waals surface area contributed by atoms with Crippen molar-refractivity contribution in [1.82, 2.24) is 0 Å². The Balaban J connectivity index is 3.10. The lowest BCUT2D eigenvalue weighted by Crippen LogP contribution is -2.49. The fourth-order valence-corrected chi connectivity index (χ4v) is 4.69. The molecule has 0 bridgehead atoms. The molecule has 0 aliphatic rings. The summed E-state index contributed by atoms with van der Waals surface area (Å²) >= 11 is 0. The normalized spacial score (nSPS) is 13.3. The van der Waals surface area contributed by atoms with E-state index in [1.165, 1.54) is 5.56 Å². The van der Waals surface area contributed by atoms with Crippen LogP contribution in [0.2, 0.25) is 0 Å². The lowest BCUT2D eigenvalue weighted by atomic mass is 10.1. The third-order valence-corrected chi connectivity index (χ3v) is 6.57. The van der Waals surface area contributed by atoms with Crippen LogP contribution < -0.4 is 0 Å². The van der Waals surface area contributed by atoms with Crippen LogP contribution >= 0.6 is 0 Å². The first-order chi connectivity index (χ1) is 8.67. The fraction of sp³-hybridized carbons (Fsp3) is 0.429. The average molecular weight is 266 g/mol. The van der Waals surface area contributed by atoms with Gasteiger partial charge in [0.15, 0.2) is 0 Å². The summed E-state index contributed by atoms with van der Waals surface area (Å²) in [5.41, 5.74) is 2.44. The van der Waals surface area contributed by atoms with E-state index in [1.807, 2.05) is 18.2 Å². The molecular weight excluding hydrogens is 244 g/mol. The topological polar surface area (TPSA) is 27.7 Å². The molecule has 0 aromatic heterocycles. The molecule has 0 fully saturated rings. The van der Waals surface area contributed by atoms with Gasteiger partial charge in [0.2, 0.25) is 0 Å². The molecule has 0 radical (unpaired) electrons. The summed E-state index contributed by atoms with van der Waals surface area (Å²) in [5, 5.41) is 0. The van der Waals surface area contributed by atoms with Gasteiger partial charge in [-0.05, 0) is 17.5 Å². The zero-order valence-corrected chi connectivity index (χ0v) is 12.6. The van der Waals surface area contributed by atoms with E-state index < -0.39 is 8.80 Å². The molecule has 0 aliphatic carbocycles. The summed E-state index contributed by atoms with van der Waals surface area (Å²) in [7, 11) is 2.32. The molecule has 1 rings (SSSR count). The quantitative estimate of drug-likeness (QED) is 0.709. The Labute approximate surface area is 111 Å². The Morgan fingerprint density at radius 3 is 1.94 bits per heavy atom. The molecule has 1 aromatic rings. The fourth-order valence-electron chi connectivity index (χ4n) is 2.23. The summed E-state index contributed by atoms with van der Waals surface area (Å²) in [6, 6.07) is 8.27. The van der Waals surface area contributed by atoms with Crippen molar-refractivity contribution in [3.8, 4) is 0 Å². The highest BCUT2D eigenvalue weighted by atomic mass is 28.4. The molecule has 1 unspecified atom stereocenters. The molecule has 18 heavy (non-hydrogen) atoms. The smallest absolute Gasteiger partial charge is 0.376 e. The predicted octanol–water partition coefficient (Wildman–Crippen LogP) is 3.24. The maximum atomic E-state index is 5.57. The maximum absolute atomic E-state index is 5.57. The van der Waals surface area contributed by atoms with Crippen LogP contribution in [0, 0.1) is 0 Å². The van der Waals surface area contributed by atoms with Gasteiger partial charge in [0.1, 0.15) is 0 Å². The minimum Gasteiger partial charge on any atom is -0.376 e. The third-order valence-electron chi connectivity index (χ3n) is 3.26.